The number of hydrogen-bond acceptors (Lipinski definition) is 5. The fourth-order valence-corrected chi connectivity index (χ4v) is 3.29. The topological polar surface area (TPSA) is 88.1 Å². The van der Waals surface area contributed by atoms with Gasteiger partial charge in [-0.1, -0.05) is 46.2 Å². The largest absolute Gasteiger partial charge is 0.465 e. The van der Waals surface area contributed by atoms with Crippen molar-refractivity contribution in [2.24, 2.45) is 11.3 Å². The molecule has 0 amide bonds. The number of benzene rings is 1. The number of aromatic amines is 1. The monoisotopic (exact) mass is 375 g/mol. The van der Waals surface area contributed by atoms with Gasteiger partial charge < -0.3 is 9.84 Å². The van der Waals surface area contributed by atoms with Crippen molar-refractivity contribution in [1.29, 1.82) is 0 Å². The molecule has 0 aliphatic heterocycles. The lowest BCUT2D eigenvalue weighted by molar-refractivity contribution is -0.152. The summed E-state index contributed by atoms with van der Waals surface area (Å²) in [5.74, 6) is -0.428. The molecular formula is C21H33N3O3. The second kappa shape index (κ2) is 9.83. The van der Waals surface area contributed by atoms with E-state index in [1.807, 2.05) is 18.2 Å². The molecule has 0 aliphatic rings. The molecular weight excluding hydrogens is 342 g/mol. The number of nitrogens with one attached hydrogen (secondary N) is 1. The molecule has 2 atom stereocenters. The van der Waals surface area contributed by atoms with Crippen molar-refractivity contribution in [3.8, 4) is 0 Å². The van der Waals surface area contributed by atoms with Crippen LogP contribution < -0.4 is 0 Å². The Morgan fingerprint density at radius 3 is 2.70 bits per heavy atom. The van der Waals surface area contributed by atoms with Gasteiger partial charge >= 0.3 is 5.97 Å². The zero-order valence-corrected chi connectivity index (χ0v) is 17.0. The molecule has 6 nitrogen and oxygen atoms in total. The minimum Gasteiger partial charge on any atom is -0.465 e. The van der Waals surface area contributed by atoms with E-state index >= 15 is 0 Å². The Balaban J connectivity index is 1.92. The quantitative estimate of drug-likeness (QED) is 0.483. The van der Waals surface area contributed by atoms with E-state index in [0.717, 1.165) is 48.7 Å². The minimum atomic E-state index is -0.259. The molecule has 2 aromatic rings. The van der Waals surface area contributed by atoms with E-state index in [1.165, 1.54) is 0 Å². The van der Waals surface area contributed by atoms with E-state index in [0.29, 0.717) is 13.0 Å². The number of ether oxygens (including phenoxy) is 1. The first-order chi connectivity index (χ1) is 12.8. The molecule has 2 rings (SSSR count). The number of fused-ring (bicyclic) bond motifs is 1. The molecule has 0 saturated heterocycles. The number of carbonyl (C=O) groups is 1. The van der Waals surface area contributed by atoms with Crippen molar-refractivity contribution in [2.45, 2.75) is 72.3 Å². The Hall–Kier alpha value is -1.95. The Kier molecular flexibility index (Phi) is 7.78. The molecule has 2 N–H and O–H groups in total. The van der Waals surface area contributed by atoms with Crippen LogP contribution in [0, 0.1) is 11.3 Å². The molecule has 6 heteroatoms. The molecule has 1 aromatic carbocycles. The molecule has 0 spiro atoms. The molecule has 0 radical (unpaired) electrons. The standard InChI is InChI=1S/C21H33N3O3/c1-5-9-16(25)11-6-7-13-27-20(26)17(21(2,3)4)14-15-10-8-12-18-19(15)23-24-22-18/h8,10,12,16-17,25H,5-7,9,11,13-14H2,1-4H3,(H,22,23,24). The van der Waals surface area contributed by atoms with Crippen LogP contribution in [0.15, 0.2) is 18.2 Å². The Morgan fingerprint density at radius 2 is 2.00 bits per heavy atom. The van der Waals surface area contributed by atoms with Crippen LogP contribution in [-0.2, 0) is 16.0 Å². The summed E-state index contributed by atoms with van der Waals surface area (Å²) in [6.45, 7) is 8.64. The normalized spacial score (nSPS) is 14.3. The van der Waals surface area contributed by atoms with Gasteiger partial charge in [-0.3, -0.25) is 4.79 Å². The highest BCUT2D eigenvalue weighted by Gasteiger charge is 2.33. The number of hydrogen-bond donors (Lipinski definition) is 2. The van der Waals surface area contributed by atoms with Gasteiger partial charge in [-0.25, -0.2) is 0 Å². The first-order valence-electron chi connectivity index (χ1n) is 9.96. The highest BCUT2D eigenvalue weighted by molar-refractivity contribution is 5.79. The van der Waals surface area contributed by atoms with Gasteiger partial charge in [0.1, 0.15) is 11.0 Å². The summed E-state index contributed by atoms with van der Waals surface area (Å²) in [6, 6.07) is 5.83. The molecule has 0 fully saturated rings. The van der Waals surface area contributed by atoms with Gasteiger partial charge in [-0.2, -0.15) is 15.4 Å². The van der Waals surface area contributed by atoms with Crippen LogP contribution in [0.25, 0.3) is 11.0 Å². The lowest BCUT2D eigenvalue weighted by atomic mass is 9.77. The summed E-state index contributed by atoms with van der Waals surface area (Å²) >= 11 is 0. The van der Waals surface area contributed by atoms with Crippen LogP contribution in [-0.4, -0.2) is 39.2 Å². The van der Waals surface area contributed by atoms with Gasteiger partial charge in [0.05, 0.1) is 18.6 Å². The second-order valence-electron chi connectivity index (χ2n) is 8.34. The number of unbranched alkanes of at least 4 members (excludes halogenated alkanes) is 1. The van der Waals surface area contributed by atoms with Crippen LogP contribution in [0.5, 0.6) is 0 Å². The van der Waals surface area contributed by atoms with Crippen molar-refractivity contribution >= 4 is 17.0 Å². The van der Waals surface area contributed by atoms with E-state index < -0.39 is 0 Å². The zero-order chi connectivity index (χ0) is 19.9. The predicted octanol–water partition coefficient (Wildman–Crippen LogP) is 4.04. The SMILES string of the molecule is CCCC(O)CCCCOC(=O)C(Cc1cccc2n[nH]nc12)C(C)(C)C. The maximum absolute atomic E-state index is 12.8. The van der Waals surface area contributed by atoms with Crippen molar-refractivity contribution in [3.05, 3.63) is 23.8 Å². The van der Waals surface area contributed by atoms with Crippen molar-refractivity contribution in [1.82, 2.24) is 15.4 Å². The number of nitrogens with zero attached hydrogens (tertiary/aromatic N) is 2. The molecule has 27 heavy (non-hydrogen) atoms. The number of aliphatic hydroxyl groups is 1. The average molecular weight is 376 g/mol. The Labute approximate surface area is 161 Å². The highest BCUT2D eigenvalue weighted by atomic mass is 16.5. The summed E-state index contributed by atoms with van der Waals surface area (Å²) in [4.78, 5) is 12.8. The summed E-state index contributed by atoms with van der Waals surface area (Å²) in [5.41, 5.74) is 2.39. The maximum atomic E-state index is 12.8. The Morgan fingerprint density at radius 1 is 1.22 bits per heavy atom. The molecule has 1 aromatic heterocycles. The number of rotatable bonds is 10. The third-order valence-electron chi connectivity index (χ3n) is 4.98. The molecule has 0 aliphatic carbocycles. The van der Waals surface area contributed by atoms with Crippen molar-refractivity contribution in [3.63, 3.8) is 0 Å². The number of esters is 1. The molecule has 2 unspecified atom stereocenters. The third kappa shape index (κ3) is 6.31. The average Bonchev–Trinajstić information content (AvgIpc) is 3.07. The van der Waals surface area contributed by atoms with E-state index in [-0.39, 0.29) is 23.4 Å². The van der Waals surface area contributed by atoms with Crippen LogP contribution >= 0.6 is 0 Å². The van der Waals surface area contributed by atoms with Crippen LogP contribution in [0.1, 0.15) is 65.4 Å². The Bertz CT molecular complexity index is 721. The van der Waals surface area contributed by atoms with Gasteiger partial charge in [0, 0.05) is 0 Å². The molecule has 150 valence electrons. The van der Waals surface area contributed by atoms with Crippen LogP contribution in [0.2, 0.25) is 0 Å². The minimum absolute atomic E-state index is 0.169. The second-order valence-corrected chi connectivity index (χ2v) is 8.34. The third-order valence-corrected chi connectivity index (χ3v) is 4.98. The van der Waals surface area contributed by atoms with E-state index in [9.17, 15) is 9.90 Å². The summed E-state index contributed by atoms with van der Waals surface area (Å²) in [7, 11) is 0. The number of aliphatic hydroxyl groups excluding tert-OH is 1. The van der Waals surface area contributed by atoms with E-state index in [1.54, 1.807) is 0 Å². The number of H-pyrrole nitrogens is 1. The van der Waals surface area contributed by atoms with Gasteiger partial charge in [-0.15, -0.1) is 0 Å². The number of carbonyl (C=O) groups excluding carboxylic acids is 1. The maximum Gasteiger partial charge on any atom is 0.309 e. The van der Waals surface area contributed by atoms with Gasteiger partial charge in [0.2, 0.25) is 0 Å². The fourth-order valence-electron chi connectivity index (χ4n) is 3.29. The zero-order valence-electron chi connectivity index (χ0n) is 17.0. The van der Waals surface area contributed by atoms with E-state index in [4.69, 9.17) is 4.74 Å². The molecule has 0 bridgehead atoms. The summed E-state index contributed by atoms with van der Waals surface area (Å²) in [6.07, 6.45) is 4.57. The van der Waals surface area contributed by atoms with Gasteiger partial charge in [-0.05, 0) is 49.1 Å². The van der Waals surface area contributed by atoms with Gasteiger partial charge in [0.25, 0.3) is 0 Å². The lowest BCUT2D eigenvalue weighted by Crippen LogP contribution is -2.32. The number of aromatic nitrogens is 3. The molecule has 0 saturated carbocycles. The first kappa shape index (κ1) is 21.4. The highest BCUT2D eigenvalue weighted by Crippen LogP contribution is 2.31. The van der Waals surface area contributed by atoms with Gasteiger partial charge in [0.15, 0.2) is 0 Å². The fraction of sp³-hybridized carbons (Fsp3) is 0.667. The lowest BCUT2D eigenvalue weighted by Gasteiger charge is -2.29. The first-order valence-corrected chi connectivity index (χ1v) is 9.96. The smallest absolute Gasteiger partial charge is 0.309 e. The van der Waals surface area contributed by atoms with Crippen LogP contribution in [0.4, 0.5) is 0 Å². The summed E-state index contributed by atoms with van der Waals surface area (Å²) in [5, 5.41) is 20.8. The number of para-hydroxylation sites is 1. The van der Waals surface area contributed by atoms with Crippen LogP contribution in [0.3, 0.4) is 0 Å². The van der Waals surface area contributed by atoms with Crippen molar-refractivity contribution in [2.75, 3.05) is 6.61 Å². The summed E-state index contributed by atoms with van der Waals surface area (Å²) < 4.78 is 5.57. The molecule has 1 heterocycles. The predicted molar refractivity (Wildman–Crippen MR) is 106 cm³/mol. The van der Waals surface area contributed by atoms with Crippen molar-refractivity contribution < 1.29 is 14.6 Å². The van der Waals surface area contributed by atoms with E-state index in [2.05, 4.69) is 43.1 Å².